The van der Waals surface area contributed by atoms with E-state index in [1.165, 1.54) is 141 Å². The van der Waals surface area contributed by atoms with Gasteiger partial charge in [0.2, 0.25) is 0 Å². The van der Waals surface area contributed by atoms with Gasteiger partial charge in [-0.15, -0.1) is 0 Å². The predicted octanol–water partition coefficient (Wildman–Crippen LogP) is 17.6. The molecule has 0 bridgehead atoms. The zero-order valence-electron chi connectivity index (χ0n) is 41.6. The fourth-order valence-electron chi connectivity index (χ4n) is 7.49. The molecular formula is C57H100O6. The molecule has 6 nitrogen and oxygen atoms in total. The van der Waals surface area contributed by atoms with E-state index in [-0.39, 0.29) is 31.1 Å². The quantitative estimate of drug-likeness (QED) is 0.0262. The average molecular weight is 881 g/mol. The van der Waals surface area contributed by atoms with Gasteiger partial charge in [-0.3, -0.25) is 14.4 Å². The van der Waals surface area contributed by atoms with Crippen molar-refractivity contribution in [3.63, 3.8) is 0 Å². The lowest BCUT2D eigenvalue weighted by Crippen LogP contribution is -2.30. The number of hydrogen-bond donors (Lipinski definition) is 0. The topological polar surface area (TPSA) is 78.9 Å². The lowest BCUT2D eigenvalue weighted by atomic mass is 10.0. The summed E-state index contributed by atoms with van der Waals surface area (Å²) in [6.07, 6.45) is 63.5. The molecule has 0 aromatic heterocycles. The summed E-state index contributed by atoms with van der Waals surface area (Å²) in [4.78, 5) is 38.0. The highest BCUT2D eigenvalue weighted by Gasteiger charge is 2.19. The van der Waals surface area contributed by atoms with Crippen LogP contribution < -0.4 is 0 Å². The standard InChI is InChI=1S/C57H100O6/c1-4-7-10-13-16-19-22-25-28-31-34-37-40-43-46-49-55(58)61-52-54(63-57(60)51-48-45-42-39-36-33-30-27-24-21-18-15-12-9-6-3)53-62-56(59)50-47-44-41-38-35-32-29-26-23-20-17-14-11-8-5-2/h7,10,16,19-20,23,25,28,34,37,54H,4-6,8-9,11-15,17-18,21-22,24,26-27,29-33,35-36,38-53H2,1-3H3/b10-7-,19-16-,23-20-,28-25-,37-34-/t54-/m1/s1. The summed E-state index contributed by atoms with van der Waals surface area (Å²) in [5.74, 6) is -0.926. The summed E-state index contributed by atoms with van der Waals surface area (Å²) in [6, 6.07) is 0. The summed E-state index contributed by atoms with van der Waals surface area (Å²) in [6.45, 7) is 6.49. The maximum atomic E-state index is 12.8. The van der Waals surface area contributed by atoms with Crippen LogP contribution in [-0.4, -0.2) is 37.2 Å². The van der Waals surface area contributed by atoms with Gasteiger partial charge in [-0.05, 0) is 83.5 Å². The first-order chi connectivity index (χ1) is 31.0. The third-order valence-corrected chi connectivity index (χ3v) is 11.5. The number of rotatable bonds is 48. The highest BCUT2D eigenvalue weighted by Crippen LogP contribution is 2.15. The van der Waals surface area contributed by atoms with Gasteiger partial charge >= 0.3 is 17.9 Å². The molecule has 63 heavy (non-hydrogen) atoms. The second-order valence-corrected chi connectivity index (χ2v) is 17.8. The molecule has 0 aliphatic rings. The molecule has 6 heteroatoms. The van der Waals surface area contributed by atoms with Crippen LogP contribution in [0.4, 0.5) is 0 Å². The smallest absolute Gasteiger partial charge is 0.306 e. The summed E-state index contributed by atoms with van der Waals surface area (Å²) in [5.41, 5.74) is 0. The molecule has 0 saturated heterocycles. The molecular weight excluding hydrogens is 781 g/mol. The zero-order chi connectivity index (χ0) is 45.8. The van der Waals surface area contributed by atoms with E-state index in [9.17, 15) is 14.4 Å². The lowest BCUT2D eigenvalue weighted by Gasteiger charge is -2.18. The molecule has 0 N–H and O–H groups in total. The van der Waals surface area contributed by atoms with E-state index in [2.05, 4.69) is 81.5 Å². The van der Waals surface area contributed by atoms with Crippen LogP contribution in [-0.2, 0) is 28.6 Å². The predicted molar refractivity (Wildman–Crippen MR) is 270 cm³/mol. The number of esters is 3. The van der Waals surface area contributed by atoms with Crippen molar-refractivity contribution in [2.75, 3.05) is 13.2 Å². The van der Waals surface area contributed by atoms with Crippen molar-refractivity contribution in [3.8, 4) is 0 Å². The SMILES string of the molecule is CC/C=C\C/C=C\C/C=C\C/C=C\CCCCC(=O)OC[C@H](COC(=O)CCCCCCCCC/C=C\CCCCCC)OC(=O)CCCCCCCCCCCCCCCCC. The molecule has 0 aliphatic carbocycles. The Kier molecular flexibility index (Phi) is 49.4. The largest absolute Gasteiger partial charge is 0.462 e. The average Bonchev–Trinajstić information content (AvgIpc) is 3.28. The van der Waals surface area contributed by atoms with Gasteiger partial charge in [-0.2, -0.15) is 0 Å². The second kappa shape index (κ2) is 51.7. The highest BCUT2D eigenvalue weighted by molar-refractivity contribution is 5.71. The molecule has 0 aromatic carbocycles. The molecule has 0 saturated carbocycles. The number of unbranched alkanes of at least 4 members (excludes halogenated alkanes) is 27. The van der Waals surface area contributed by atoms with Crippen LogP contribution in [0.2, 0.25) is 0 Å². The molecule has 0 heterocycles. The minimum absolute atomic E-state index is 0.0876. The van der Waals surface area contributed by atoms with Crippen LogP contribution >= 0.6 is 0 Å². The van der Waals surface area contributed by atoms with Crippen LogP contribution in [0.1, 0.15) is 265 Å². The van der Waals surface area contributed by atoms with Crippen LogP contribution in [0.15, 0.2) is 60.8 Å². The van der Waals surface area contributed by atoms with Gasteiger partial charge in [0.15, 0.2) is 6.10 Å². The highest BCUT2D eigenvalue weighted by atomic mass is 16.6. The third-order valence-electron chi connectivity index (χ3n) is 11.5. The van der Waals surface area contributed by atoms with E-state index >= 15 is 0 Å². The Morgan fingerprint density at radius 1 is 0.333 bits per heavy atom. The molecule has 0 fully saturated rings. The van der Waals surface area contributed by atoms with Gasteiger partial charge in [-0.1, -0.05) is 223 Å². The van der Waals surface area contributed by atoms with E-state index < -0.39 is 6.10 Å². The number of hydrogen-bond acceptors (Lipinski definition) is 6. The maximum Gasteiger partial charge on any atom is 0.306 e. The Hall–Kier alpha value is -2.89. The van der Waals surface area contributed by atoms with Gasteiger partial charge in [0.05, 0.1) is 0 Å². The van der Waals surface area contributed by atoms with E-state index in [1.807, 2.05) is 0 Å². The lowest BCUT2D eigenvalue weighted by molar-refractivity contribution is -0.167. The van der Waals surface area contributed by atoms with E-state index in [4.69, 9.17) is 14.2 Å². The molecule has 1 atom stereocenters. The Bertz CT molecular complexity index is 1150. The summed E-state index contributed by atoms with van der Waals surface area (Å²) in [5, 5.41) is 0. The van der Waals surface area contributed by atoms with Gasteiger partial charge in [-0.25, -0.2) is 0 Å². The molecule has 364 valence electrons. The van der Waals surface area contributed by atoms with Gasteiger partial charge in [0.1, 0.15) is 13.2 Å². The van der Waals surface area contributed by atoms with Crippen molar-refractivity contribution in [2.24, 2.45) is 0 Å². The van der Waals surface area contributed by atoms with Crippen molar-refractivity contribution >= 4 is 17.9 Å². The molecule has 0 unspecified atom stereocenters. The van der Waals surface area contributed by atoms with Crippen molar-refractivity contribution < 1.29 is 28.6 Å². The number of ether oxygens (including phenoxy) is 3. The number of carbonyl (C=O) groups is 3. The summed E-state index contributed by atoms with van der Waals surface area (Å²) >= 11 is 0. The first kappa shape index (κ1) is 60.1. The van der Waals surface area contributed by atoms with Crippen LogP contribution in [0.5, 0.6) is 0 Å². The van der Waals surface area contributed by atoms with E-state index in [0.29, 0.717) is 19.3 Å². The Balaban J connectivity index is 4.43. The fraction of sp³-hybridized carbons (Fsp3) is 0.772. The Morgan fingerprint density at radius 2 is 0.619 bits per heavy atom. The molecule has 0 radical (unpaired) electrons. The van der Waals surface area contributed by atoms with Crippen LogP contribution in [0, 0.1) is 0 Å². The van der Waals surface area contributed by atoms with Crippen LogP contribution in [0.3, 0.4) is 0 Å². The van der Waals surface area contributed by atoms with E-state index in [1.54, 1.807) is 0 Å². The Morgan fingerprint density at radius 3 is 1.03 bits per heavy atom. The van der Waals surface area contributed by atoms with Gasteiger partial charge in [0.25, 0.3) is 0 Å². The van der Waals surface area contributed by atoms with Crippen molar-refractivity contribution in [2.45, 2.75) is 271 Å². The summed E-state index contributed by atoms with van der Waals surface area (Å²) < 4.78 is 16.8. The molecule has 0 spiro atoms. The maximum absolute atomic E-state index is 12.8. The van der Waals surface area contributed by atoms with Crippen molar-refractivity contribution in [3.05, 3.63) is 60.8 Å². The Labute approximate surface area is 390 Å². The van der Waals surface area contributed by atoms with Gasteiger partial charge < -0.3 is 14.2 Å². The first-order valence-electron chi connectivity index (χ1n) is 26.8. The first-order valence-corrected chi connectivity index (χ1v) is 26.8. The van der Waals surface area contributed by atoms with Gasteiger partial charge in [0, 0.05) is 19.3 Å². The normalized spacial score (nSPS) is 12.5. The minimum atomic E-state index is -0.790. The van der Waals surface area contributed by atoms with E-state index in [0.717, 1.165) is 83.5 Å². The van der Waals surface area contributed by atoms with Crippen LogP contribution in [0.25, 0.3) is 0 Å². The minimum Gasteiger partial charge on any atom is -0.462 e. The second-order valence-electron chi connectivity index (χ2n) is 17.8. The number of allylic oxidation sites excluding steroid dienone is 10. The van der Waals surface area contributed by atoms with Crippen molar-refractivity contribution in [1.82, 2.24) is 0 Å². The zero-order valence-corrected chi connectivity index (χ0v) is 41.6. The third kappa shape index (κ3) is 50.0. The summed E-state index contributed by atoms with van der Waals surface area (Å²) in [7, 11) is 0. The number of carbonyl (C=O) groups excluding carboxylic acids is 3. The van der Waals surface area contributed by atoms with Crippen molar-refractivity contribution in [1.29, 1.82) is 0 Å². The fourth-order valence-corrected chi connectivity index (χ4v) is 7.49. The molecule has 0 aromatic rings. The molecule has 0 amide bonds. The molecule has 0 aliphatic heterocycles. The monoisotopic (exact) mass is 881 g/mol. The molecule has 0 rings (SSSR count).